The summed E-state index contributed by atoms with van der Waals surface area (Å²) in [6.45, 7) is 6.33. The number of rotatable bonds is 14. The van der Waals surface area contributed by atoms with E-state index in [9.17, 15) is 0 Å². The summed E-state index contributed by atoms with van der Waals surface area (Å²) in [5.74, 6) is 0.939. The second-order valence-corrected chi connectivity index (χ2v) is 7.03. The Balaban J connectivity index is 1.82. The van der Waals surface area contributed by atoms with Crippen LogP contribution in [0.1, 0.15) is 103 Å². The summed E-state index contributed by atoms with van der Waals surface area (Å²) in [4.78, 5) is 10.3. The second kappa shape index (κ2) is 14.5. The maximum Gasteiger partial charge on any atom is 0.0930 e. The van der Waals surface area contributed by atoms with E-state index >= 15 is 0 Å². The van der Waals surface area contributed by atoms with Crippen LogP contribution in [0.25, 0.3) is 0 Å². The minimum atomic E-state index is 0.325. The molecule has 22 heavy (non-hydrogen) atoms. The smallest absolute Gasteiger partial charge is 0.0930 e. The molecule has 131 valence electrons. The molecule has 0 aromatic rings. The first-order chi connectivity index (χ1) is 10.9. The third-order valence-corrected chi connectivity index (χ3v) is 5.05. The van der Waals surface area contributed by atoms with Crippen LogP contribution in [-0.2, 0) is 9.78 Å². The minimum absolute atomic E-state index is 0.325. The molecule has 0 saturated heterocycles. The Kier molecular flexibility index (Phi) is 13.2. The van der Waals surface area contributed by atoms with Crippen molar-refractivity contribution in [2.45, 2.75) is 109 Å². The van der Waals surface area contributed by atoms with Gasteiger partial charge < -0.3 is 0 Å². The Labute approximate surface area is 139 Å². The van der Waals surface area contributed by atoms with Gasteiger partial charge in [0.2, 0.25) is 0 Å². The molecule has 0 heterocycles. The van der Waals surface area contributed by atoms with Crippen LogP contribution >= 0.6 is 0 Å². The molecule has 1 radical (unpaired) electrons. The van der Waals surface area contributed by atoms with Gasteiger partial charge in [-0.1, -0.05) is 77.6 Å². The Hall–Kier alpha value is -0.0800. The SMILES string of the molecule is [CH2]COOC1CCC(CCCCCCCCCCCC)CC1. The Morgan fingerprint density at radius 3 is 1.86 bits per heavy atom. The molecule has 1 aliphatic carbocycles. The van der Waals surface area contributed by atoms with Crippen LogP contribution in [0.4, 0.5) is 0 Å². The van der Waals surface area contributed by atoms with E-state index in [-0.39, 0.29) is 0 Å². The summed E-state index contributed by atoms with van der Waals surface area (Å²) in [6, 6.07) is 0. The van der Waals surface area contributed by atoms with Gasteiger partial charge in [-0.25, -0.2) is 9.78 Å². The Morgan fingerprint density at radius 1 is 0.773 bits per heavy atom. The predicted octanol–water partition coefficient (Wildman–Crippen LogP) is 6.64. The summed E-state index contributed by atoms with van der Waals surface area (Å²) in [5.41, 5.74) is 0. The molecule has 1 saturated carbocycles. The molecule has 1 fully saturated rings. The largest absolute Gasteiger partial charge is 0.236 e. The molecule has 2 heteroatoms. The van der Waals surface area contributed by atoms with Crippen molar-refractivity contribution >= 4 is 0 Å². The predicted molar refractivity (Wildman–Crippen MR) is 94.6 cm³/mol. The molecule has 0 aromatic carbocycles. The van der Waals surface area contributed by atoms with E-state index in [1.165, 1.54) is 96.3 Å². The molecule has 0 unspecified atom stereocenters. The minimum Gasteiger partial charge on any atom is -0.236 e. The molecule has 0 aliphatic heterocycles. The molecule has 0 amide bonds. The maximum atomic E-state index is 5.32. The highest BCUT2D eigenvalue weighted by atomic mass is 17.2. The van der Waals surface area contributed by atoms with Crippen LogP contribution in [0, 0.1) is 12.8 Å². The summed E-state index contributed by atoms with van der Waals surface area (Å²) in [5, 5.41) is 0. The molecule has 1 aliphatic rings. The molecule has 0 bridgehead atoms. The van der Waals surface area contributed by atoms with Gasteiger partial charge in [0.15, 0.2) is 0 Å². The fourth-order valence-electron chi connectivity index (χ4n) is 3.58. The van der Waals surface area contributed by atoms with Gasteiger partial charge in [0, 0.05) is 0 Å². The third kappa shape index (κ3) is 10.6. The topological polar surface area (TPSA) is 18.5 Å². The van der Waals surface area contributed by atoms with Gasteiger partial charge in [-0.05, 0) is 38.5 Å². The van der Waals surface area contributed by atoms with Gasteiger partial charge in [0.05, 0.1) is 12.7 Å². The van der Waals surface area contributed by atoms with Gasteiger partial charge in [-0.15, -0.1) is 0 Å². The van der Waals surface area contributed by atoms with Gasteiger partial charge in [0.25, 0.3) is 0 Å². The van der Waals surface area contributed by atoms with E-state index in [4.69, 9.17) is 9.78 Å². The first-order valence-corrected chi connectivity index (χ1v) is 9.94. The number of hydrogen-bond donors (Lipinski definition) is 0. The Bertz CT molecular complexity index is 222. The first kappa shape index (κ1) is 20.0. The highest BCUT2D eigenvalue weighted by Crippen LogP contribution is 2.30. The maximum absolute atomic E-state index is 5.32. The average molecular weight is 312 g/mol. The zero-order chi connectivity index (χ0) is 15.9. The molecular formula is C20H39O2. The molecule has 0 spiro atoms. The average Bonchev–Trinajstić information content (AvgIpc) is 2.56. The fraction of sp³-hybridized carbons (Fsp3) is 0.950. The van der Waals surface area contributed by atoms with Gasteiger partial charge in [-0.2, -0.15) is 0 Å². The van der Waals surface area contributed by atoms with Crippen molar-refractivity contribution in [2.24, 2.45) is 5.92 Å². The van der Waals surface area contributed by atoms with Crippen LogP contribution in [-0.4, -0.2) is 12.7 Å². The van der Waals surface area contributed by atoms with Crippen molar-refractivity contribution in [1.29, 1.82) is 0 Å². The van der Waals surface area contributed by atoms with Crippen LogP contribution in [0.5, 0.6) is 0 Å². The fourth-order valence-corrected chi connectivity index (χ4v) is 3.58. The number of hydrogen-bond acceptors (Lipinski definition) is 2. The van der Waals surface area contributed by atoms with E-state index in [2.05, 4.69) is 13.8 Å². The van der Waals surface area contributed by atoms with E-state index < -0.39 is 0 Å². The summed E-state index contributed by atoms with van der Waals surface area (Å²) in [7, 11) is 0. The van der Waals surface area contributed by atoms with E-state index in [1.54, 1.807) is 0 Å². The normalized spacial score (nSPS) is 22.1. The standard InChI is InChI=1S/C20H39O2/c1-3-5-6-7-8-9-10-11-12-13-14-19-15-17-20(18-16-19)22-21-4-2/h19-20H,2-18H2,1H3. The van der Waals surface area contributed by atoms with Crippen molar-refractivity contribution in [3.63, 3.8) is 0 Å². The van der Waals surface area contributed by atoms with Crippen molar-refractivity contribution < 1.29 is 9.78 Å². The van der Waals surface area contributed by atoms with E-state index in [0.29, 0.717) is 12.7 Å². The van der Waals surface area contributed by atoms with Crippen LogP contribution in [0.15, 0.2) is 0 Å². The zero-order valence-corrected chi connectivity index (χ0v) is 15.0. The van der Waals surface area contributed by atoms with Crippen molar-refractivity contribution in [3.8, 4) is 0 Å². The lowest BCUT2D eigenvalue weighted by Gasteiger charge is -2.27. The van der Waals surface area contributed by atoms with E-state index in [1.807, 2.05) is 0 Å². The highest BCUT2D eigenvalue weighted by Gasteiger charge is 2.21. The van der Waals surface area contributed by atoms with Crippen molar-refractivity contribution in [2.75, 3.05) is 6.61 Å². The van der Waals surface area contributed by atoms with Gasteiger partial charge >= 0.3 is 0 Å². The van der Waals surface area contributed by atoms with Crippen LogP contribution < -0.4 is 0 Å². The molecular weight excluding hydrogens is 272 g/mol. The zero-order valence-electron chi connectivity index (χ0n) is 15.0. The lowest BCUT2D eigenvalue weighted by molar-refractivity contribution is -0.322. The quantitative estimate of drug-likeness (QED) is 0.203. The first-order valence-electron chi connectivity index (χ1n) is 9.94. The van der Waals surface area contributed by atoms with Gasteiger partial charge in [-0.3, -0.25) is 0 Å². The van der Waals surface area contributed by atoms with Crippen LogP contribution in [0.2, 0.25) is 0 Å². The molecule has 0 atom stereocenters. The monoisotopic (exact) mass is 311 g/mol. The summed E-state index contributed by atoms with van der Waals surface area (Å²) < 4.78 is 0. The van der Waals surface area contributed by atoms with Crippen molar-refractivity contribution in [3.05, 3.63) is 6.92 Å². The summed E-state index contributed by atoms with van der Waals surface area (Å²) in [6.07, 6.45) is 21.1. The highest BCUT2D eigenvalue weighted by molar-refractivity contribution is 4.72. The molecule has 1 rings (SSSR count). The molecule has 2 nitrogen and oxygen atoms in total. The second-order valence-electron chi connectivity index (χ2n) is 7.03. The third-order valence-electron chi connectivity index (χ3n) is 5.05. The lowest BCUT2D eigenvalue weighted by atomic mass is 9.84. The number of unbranched alkanes of at least 4 members (excludes halogenated alkanes) is 9. The molecule has 0 N–H and O–H groups in total. The Morgan fingerprint density at radius 2 is 1.32 bits per heavy atom. The summed E-state index contributed by atoms with van der Waals surface area (Å²) >= 11 is 0. The molecule has 0 aromatic heterocycles. The lowest BCUT2D eigenvalue weighted by Crippen LogP contribution is -2.21. The van der Waals surface area contributed by atoms with Gasteiger partial charge in [0.1, 0.15) is 0 Å². The van der Waals surface area contributed by atoms with E-state index in [0.717, 1.165) is 5.92 Å². The van der Waals surface area contributed by atoms with Crippen LogP contribution in [0.3, 0.4) is 0 Å². The van der Waals surface area contributed by atoms with Crippen molar-refractivity contribution in [1.82, 2.24) is 0 Å².